The van der Waals surface area contributed by atoms with Crippen molar-refractivity contribution in [1.82, 2.24) is 9.88 Å². The van der Waals surface area contributed by atoms with E-state index in [-0.39, 0.29) is 12.5 Å². The second-order valence-electron chi connectivity index (χ2n) is 7.23. The Kier molecular flexibility index (Phi) is 5.72. The van der Waals surface area contributed by atoms with Crippen LogP contribution in [0.3, 0.4) is 0 Å². The first-order chi connectivity index (χ1) is 11.7. The Balaban J connectivity index is 1.54. The summed E-state index contributed by atoms with van der Waals surface area (Å²) in [6.07, 6.45) is 8.61. The number of carbonyl (C=O) groups excluding carboxylic acids is 1. The van der Waals surface area contributed by atoms with Gasteiger partial charge in [0, 0.05) is 56.8 Å². The van der Waals surface area contributed by atoms with Crippen LogP contribution in [0.15, 0.2) is 18.5 Å². The molecule has 24 heavy (non-hydrogen) atoms. The fourth-order valence-corrected chi connectivity index (χ4v) is 4.01. The predicted octanol–water partition coefficient (Wildman–Crippen LogP) is 2.23. The monoisotopic (exact) mass is 331 g/mol. The number of hydrogen-bond acceptors (Lipinski definition) is 4. The number of piperidine rings is 1. The predicted molar refractivity (Wildman–Crippen MR) is 94.9 cm³/mol. The topological polar surface area (TPSA) is 56.7 Å². The third kappa shape index (κ3) is 3.89. The van der Waals surface area contributed by atoms with Crippen molar-refractivity contribution < 1.29 is 9.90 Å². The zero-order valence-corrected chi connectivity index (χ0v) is 14.7. The van der Waals surface area contributed by atoms with Crippen LogP contribution in [-0.2, 0) is 4.79 Å². The summed E-state index contributed by atoms with van der Waals surface area (Å²) in [5, 5.41) is 9.34. The van der Waals surface area contributed by atoms with Crippen molar-refractivity contribution in [2.75, 3.05) is 37.7 Å². The summed E-state index contributed by atoms with van der Waals surface area (Å²) in [4.78, 5) is 21.4. The van der Waals surface area contributed by atoms with Crippen LogP contribution in [0.1, 0.15) is 37.7 Å². The molecule has 0 spiro atoms. The minimum atomic E-state index is 0.161. The van der Waals surface area contributed by atoms with E-state index in [0.717, 1.165) is 58.3 Å². The van der Waals surface area contributed by atoms with Crippen LogP contribution in [0.2, 0.25) is 0 Å². The molecule has 1 atom stereocenters. The molecular formula is C19H29N3O2. The van der Waals surface area contributed by atoms with Gasteiger partial charge in [0.25, 0.3) is 0 Å². The Morgan fingerprint density at radius 3 is 2.71 bits per heavy atom. The van der Waals surface area contributed by atoms with Gasteiger partial charge in [0.1, 0.15) is 0 Å². The molecule has 0 radical (unpaired) electrons. The average Bonchev–Trinajstić information content (AvgIpc) is 2.87. The molecule has 1 aromatic rings. The molecule has 0 aromatic carbocycles. The summed E-state index contributed by atoms with van der Waals surface area (Å²) in [7, 11) is 0. The van der Waals surface area contributed by atoms with Gasteiger partial charge in [-0.3, -0.25) is 9.78 Å². The maximum atomic E-state index is 12.8. The molecule has 2 saturated heterocycles. The van der Waals surface area contributed by atoms with Crippen LogP contribution in [0.4, 0.5) is 5.69 Å². The van der Waals surface area contributed by atoms with E-state index >= 15 is 0 Å². The van der Waals surface area contributed by atoms with Gasteiger partial charge >= 0.3 is 0 Å². The molecule has 0 saturated carbocycles. The van der Waals surface area contributed by atoms with Crippen LogP contribution >= 0.6 is 0 Å². The first-order valence-corrected chi connectivity index (χ1v) is 9.24. The van der Waals surface area contributed by atoms with Crippen LogP contribution in [0.25, 0.3) is 0 Å². The zero-order chi connectivity index (χ0) is 16.9. The Labute approximate surface area is 144 Å². The van der Waals surface area contributed by atoms with Crippen LogP contribution in [0.5, 0.6) is 0 Å². The number of aromatic nitrogens is 1. The summed E-state index contributed by atoms with van der Waals surface area (Å²) in [5.74, 6) is 0.869. The summed E-state index contributed by atoms with van der Waals surface area (Å²) in [6, 6.07) is 2.07. The van der Waals surface area contributed by atoms with Crippen LogP contribution < -0.4 is 4.90 Å². The molecule has 3 rings (SSSR count). The van der Waals surface area contributed by atoms with E-state index in [4.69, 9.17) is 0 Å². The molecule has 1 unspecified atom stereocenters. The molecule has 3 heterocycles. The number of aliphatic hydroxyl groups is 1. The van der Waals surface area contributed by atoms with Crippen LogP contribution in [0, 0.1) is 18.8 Å². The number of amides is 1. The lowest BCUT2D eigenvalue weighted by Gasteiger charge is -2.35. The van der Waals surface area contributed by atoms with Gasteiger partial charge in [-0.05, 0) is 56.6 Å². The third-order valence-corrected chi connectivity index (χ3v) is 5.59. The molecular weight excluding hydrogens is 302 g/mol. The number of likely N-dealkylation sites (tertiary alicyclic amines) is 1. The Bertz CT molecular complexity index is 555. The van der Waals surface area contributed by atoms with Crippen molar-refractivity contribution in [2.24, 2.45) is 11.8 Å². The highest BCUT2D eigenvalue weighted by molar-refractivity contribution is 5.79. The van der Waals surface area contributed by atoms with E-state index in [9.17, 15) is 9.90 Å². The molecule has 0 bridgehead atoms. The molecule has 2 aliphatic heterocycles. The lowest BCUT2D eigenvalue weighted by molar-refractivity contribution is -0.136. The SMILES string of the molecule is Cc1cnccc1N1CCC(C(=O)N2CCCC(CO)CC2)CC1. The van der Waals surface area contributed by atoms with Gasteiger partial charge in [-0.2, -0.15) is 0 Å². The lowest BCUT2D eigenvalue weighted by atomic mass is 9.94. The number of carbonyl (C=O) groups is 1. The van der Waals surface area contributed by atoms with E-state index in [1.807, 2.05) is 17.3 Å². The van der Waals surface area contributed by atoms with Crippen molar-refractivity contribution >= 4 is 11.6 Å². The van der Waals surface area contributed by atoms with Gasteiger partial charge in [-0.15, -0.1) is 0 Å². The molecule has 2 aliphatic rings. The highest BCUT2D eigenvalue weighted by Gasteiger charge is 2.30. The standard InChI is InChI=1S/C19H29N3O2/c1-15-13-20-8-4-18(15)21-11-6-17(7-12-21)19(24)22-9-2-3-16(14-23)5-10-22/h4,8,13,16-17,23H,2-3,5-7,9-12,14H2,1H3. The van der Waals surface area contributed by atoms with Crippen molar-refractivity contribution in [1.29, 1.82) is 0 Å². The number of hydrogen-bond donors (Lipinski definition) is 1. The smallest absolute Gasteiger partial charge is 0.225 e. The Hall–Kier alpha value is -1.62. The molecule has 5 heteroatoms. The second kappa shape index (κ2) is 7.97. The van der Waals surface area contributed by atoms with Gasteiger partial charge in [0.2, 0.25) is 5.91 Å². The van der Waals surface area contributed by atoms with E-state index in [2.05, 4.69) is 22.9 Å². The Morgan fingerprint density at radius 1 is 1.21 bits per heavy atom. The molecule has 1 amide bonds. The fourth-order valence-electron chi connectivity index (χ4n) is 4.01. The normalized spacial score (nSPS) is 23.2. The number of pyridine rings is 1. The third-order valence-electron chi connectivity index (χ3n) is 5.59. The van der Waals surface area contributed by atoms with Gasteiger partial charge in [0.15, 0.2) is 0 Å². The van der Waals surface area contributed by atoms with Gasteiger partial charge in [0.05, 0.1) is 0 Å². The molecule has 1 N–H and O–H groups in total. The highest BCUT2D eigenvalue weighted by Crippen LogP contribution is 2.27. The number of aryl methyl sites for hydroxylation is 1. The average molecular weight is 331 g/mol. The largest absolute Gasteiger partial charge is 0.396 e. The van der Waals surface area contributed by atoms with E-state index in [1.165, 1.54) is 11.3 Å². The molecule has 5 nitrogen and oxygen atoms in total. The van der Waals surface area contributed by atoms with Gasteiger partial charge in [-0.25, -0.2) is 0 Å². The Morgan fingerprint density at radius 2 is 2.00 bits per heavy atom. The number of anilines is 1. The minimum Gasteiger partial charge on any atom is -0.396 e. The molecule has 2 fully saturated rings. The number of rotatable bonds is 3. The van der Waals surface area contributed by atoms with Gasteiger partial charge < -0.3 is 14.9 Å². The molecule has 132 valence electrons. The lowest BCUT2D eigenvalue weighted by Crippen LogP contribution is -2.43. The number of aliphatic hydroxyl groups excluding tert-OH is 1. The zero-order valence-electron chi connectivity index (χ0n) is 14.7. The van der Waals surface area contributed by atoms with E-state index < -0.39 is 0 Å². The summed E-state index contributed by atoms with van der Waals surface area (Å²) in [6.45, 7) is 5.90. The second-order valence-corrected chi connectivity index (χ2v) is 7.23. The van der Waals surface area contributed by atoms with Crippen molar-refractivity contribution in [3.05, 3.63) is 24.0 Å². The van der Waals surface area contributed by atoms with Crippen molar-refractivity contribution in [2.45, 2.75) is 39.0 Å². The number of nitrogens with zero attached hydrogens (tertiary/aromatic N) is 3. The fraction of sp³-hybridized carbons (Fsp3) is 0.684. The van der Waals surface area contributed by atoms with Crippen LogP contribution in [-0.4, -0.2) is 53.7 Å². The quantitative estimate of drug-likeness (QED) is 0.923. The summed E-state index contributed by atoms with van der Waals surface area (Å²) >= 11 is 0. The van der Waals surface area contributed by atoms with Crippen molar-refractivity contribution in [3.8, 4) is 0 Å². The highest BCUT2D eigenvalue weighted by atomic mass is 16.3. The molecule has 0 aliphatic carbocycles. The van der Waals surface area contributed by atoms with E-state index in [0.29, 0.717) is 11.8 Å². The van der Waals surface area contributed by atoms with E-state index in [1.54, 1.807) is 0 Å². The minimum absolute atomic E-state index is 0.161. The first kappa shape index (κ1) is 17.2. The maximum Gasteiger partial charge on any atom is 0.225 e. The maximum absolute atomic E-state index is 12.8. The van der Waals surface area contributed by atoms with Gasteiger partial charge in [-0.1, -0.05) is 0 Å². The molecule has 1 aromatic heterocycles. The summed E-state index contributed by atoms with van der Waals surface area (Å²) < 4.78 is 0. The van der Waals surface area contributed by atoms with Crippen molar-refractivity contribution in [3.63, 3.8) is 0 Å². The first-order valence-electron chi connectivity index (χ1n) is 9.24. The summed E-state index contributed by atoms with van der Waals surface area (Å²) in [5.41, 5.74) is 2.45.